The number of urea groups is 1. The molecule has 0 radical (unpaired) electrons. The Labute approximate surface area is 214 Å². The molecule has 188 valence electrons. The highest BCUT2D eigenvalue weighted by atomic mass is 35.5. The summed E-state index contributed by atoms with van der Waals surface area (Å²) < 4.78 is 25.2. The zero-order valence-corrected chi connectivity index (χ0v) is 21.1. The van der Waals surface area contributed by atoms with Crippen LogP contribution < -0.4 is 20.3 Å². The summed E-state index contributed by atoms with van der Waals surface area (Å²) in [5, 5.41) is 5.80. The van der Waals surface area contributed by atoms with Crippen molar-refractivity contribution in [2.24, 2.45) is 0 Å². The SMILES string of the molecule is CS(=O)(=O)NCc1cccc(-c2ccc(N3CCC[C@@H](NC(=O)Nc4ccc(Cl)cn4)C3=O)cc2)c1. The number of hydrogen-bond acceptors (Lipinski definition) is 5. The number of benzene rings is 2. The van der Waals surface area contributed by atoms with Gasteiger partial charge in [-0.2, -0.15) is 0 Å². The van der Waals surface area contributed by atoms with Crippen LogP contribution in [0.2, 0.25) is 5.02 Å². The van der Waals surface area contributed by atoms with Gasteiger partial charge in [-0.25, -0.2) is 22.9 Å². The molecule has 0 bridgehead atoms. The molecule has 3 aromatic rings. The van der Waals surface area contributed by atoms with Crippen LogP contribution in [-0.2, 0) is 21.4 Å². The normalized spacial score (nSPS) is 16.0. The predicted molar refractivity (Wildman–Crippen MR) is 140 cm³/mol. The average molecular weight is 528 g/mol. The Balaban J connectivity index is 1.40. The van der Waals surface area contributed by atoms with Gasteiger partial charge in [0.25, 0.3) is 0 Å². The van der Waals surface area contributed by atoms with Gasteiger partial charge in [-0.1, -0.05) is 41.9 Å². The molecule has 0 aliphatic carbocycles. The largest absolute Gasteiger partial charge is 0.326 e. The highest BCUT2D eigenvalue weighted by Crippen LogP contribution is 2.26. The number of piperidine rings is 1. The first-order valence-corrected chi connectivity index (χ1v) is 13.6. The maximum absolute atomic E-state index is 13.1. The Kier molecular flexibility index (Phi) is 7.88. The number of carbonyl (C=O) groups is 2. The molecule has 3 N–H and O–H groups in total. The quantitative estimate of drug-likeness (QED) is 0.432. The van der Waals surface area contributed by atoms with Gasteiger partial charge in [0.05, 0.1) is 11.3 Å². The van der Waals surface area contributed by atoms with Gasteiger partial charge >= 0.3 is 6.03 Å². The Morgan fingerprint density at radius 2 is 1.89 bits per heavy atom. The molecule has 2 heterocycles. The maximum atomic E-state index is 13.1. The van der Waals surface area contributed by atoms with Crippen molar-refractivity contribution in [2.75, 3.05) is 23.0 Å². The summed E-state index contributed by atoms with van der Waals surface area (Å²) in [7, 11) is -3.28. The van der Waals surface area contributed by atoms with Crippen molar-refractivity contribution in [2.45, 2.75) is 25.4 Å². The van der Waals surface area contributed by atoms with Crippen LogP contribution in [0.3, 0.4) is 0 Å². The van der Waals surface area contributed by atoms with Crippen molar-refractivity contribution < 1.29 is 18.0 Å². The molecule has 0 spiro atoms. The smallest absolute Gasteiger partial charge is 0.321 e. The minimum atomic E-state index is -3.28. The molecule has 36 heavy (non-hydrogen) atoms. The summed E-state index contributed by atoms with van der Waals surface area (Å²) in [6.07, 6.45) is 3.84. The van der Waals surface area contributed by atoms with E-state index in [4.69, 9.17) is 11.6 Å². The fourth-order valence-corrected chi connectivity index (χ4v) is 4.48. The summed E-state index contributed by atoms with van der Waals surface area (Å²) >= 11 is 5.81. The molecular weight excluding hydrogens is 502 g/mol. The third-order valence-corrected chi connectivity index (χ3v) is 6.58. The van der Waals surface area contributed by atoms with Gasteiger partial charge in [0.2, 0.25) is 15.9 Å². The van der Waals surface area contributed by atoms with E-state index in [0.717, 1.165) is 35.1 Å². The van der Waals surface area contributed by atoms with Crippen molar-refractivity contribution in [3.8, 4) is 11.1 Å². The van der Waals surface area contributed by atoms with Gasteiger partial charge in [0.15, 0.2) is 0 Å². The first kappa shape index (κ1) is 25.6. The lowest BCUT2D eigenvalue weighted by Gasteiger charge is -2.32. The van der Waals surface area contributed by atoms with E-state index < -0.39 is 22.1 Å². The van der Waals surface area contributed by atoms with E-state index in [0.29, 0.717) is 23.8 Å². The standard InChI is InChI=1S/C25H26ClN5O4S/c1-36(34,35)28-15-17-4-2-5-19(14-17)18-7-10-21(11-8-18)31-13-3-6-22(24(31)32)29-25(33)30-23-12-9-20(26)16-27-23/h2,4-5,7-12,14,16,22,28H,3,6,13,15H2,1H3,(H2,27,29,30,33)/t22-/m1/s1. The minimum Gasteiger partial charge on any atom is -0.326 e. The summed E-state index contributed by atoms with van der Waals surface area (Å²) in [6, 6.07) is 17.2. The molecule has 1 aliphatic heterocycles. The van der Waals surface area contributed by atoms with E-state index in [1.165, 1.54) is 6.20 Å². The van der Waals surface area contributed by atoms with Crippen LogP contribution in [0.1, 0.15) is 18.4 Å². The van der Waals surface area contributed by atoms with Crippen LogP contribution in [0.4, 0.5) is 16.3 Å². The zero-order chi connectivity index (χ0) is 25.7. The van der Waals surface area contributed by atoms with E-state index in [-0.39, 0.29) is 12.5 Å². The number of anilines is 2. The Morgan fingerprint density at radius 1 is 1.11 bits per heavy atom. The number of rotatable bonds is 7. The minimum absolute atomic E-state index is 0.179. The lowest BCUT2D eigenvalue weighted by Crippen LogP contribution is -2.53. The first-order chi connectivity index (χ1) is 17.2. The topological polar surface area (TPSA) is 120 Å². The molecule has 1 saturated heterocycles. The predicted octanol–water partition coefficient (Wildman–Crippen LogP) is 3.77. The van der Waals surface area contributed by atoms with Crippen LogP contribution in [0.15, 0.2) is 66.9 Å². The Hall–Kier alpha value is -3.47. The first-order valence-electron chi connectivity index (χ1n) is 11.3. The second-order valence-electron chi connectivity index (χ2n) is 8.49. The number of halogens is 1. The van der Waals surface area contributed by atoms with Gasteiger partial charge in [0.1, 0.15) is 11.9 Å². The lowest BCUT2D eigenvalue weighted by atomic mass is 10.0. The monoisotopic (exact) mass is 527 g/mol. The molecule has 11 heteroatoms. The molecule has 4 rings (SSSR count). The van der Waals surface area contributed by atoms with E-state index in [1.54, 1.807) is 17.0 Å². The second kappa shape index (κ2) is 11.1. The molecular formula is C25H26ClN5O4S. The molecule has 1 aromatic heterocycles. The maximum Gasteiger partial charge on any atom is 0.321 e. The van der Waals surface area contributed by atoms with Gasteiger partial charge in [0, 0.05) is 25.0 Å². The van der Waals surface area contributed by atoms with Crippen LogP contribution in [0.25, 0.3) is 11.1 Å². The molecule has 2 aromatic carbocycles. The number of amides is 3. The number of pyridine rings is 1. The third kappa shape index (κ3) is 6.81. The molecule has 1 atom stereocenters. The van der Waals surface area contributed by atoms with Crippen molar-refractivity contribution >= 4 is 45.1 Å². The highest BCUT2D eigenvalue weighted by Gasteiger charge is 2.31. The number of aromatic nitrogens is 1. The van der Waals surface area contributed by atoms with Crippen molar-refractivity contribution in [1.82, 2.24) is 15.0 Å². The third-order valence-electron chi connectivity index (χ3n) is 5.69. The average Bonchev–Trinajstić information content (AvgIpc) is 2.85. The number of hydrogen-bond donors (Lipinski definition) is 3. The van der Waals surface area contributed by atoms with Crippen LogP contribution >= 0.6 is 11.6 Å². The van der Waals surface area contributed by atoms with Crippen molar-refractivity contribution in [3.63, 3.8) is 0 Å². The van der Waals surface area contributed by atoms with Crippen LogP contribution in [-0.4, -0.2) is 44.2 Å². The molecule has 1 aliphatic rings. The molecule has 9 nitrogen and oxygen atoms in total. The number of carbonyl (C=O) groups excluding carboxylic acids is 2. The summed E-state index contributed by atoms with van der Waals surface area (Å²) in [4.78, 5) is 31.2. The highest BCUT2D eigenvalue weighted by molar-refractivity contribution is 7.88. The summed E-state index contributed by atoms with van der Waals surface area (Å²) in [6.45, 7) is 0.770. The van der Waals surface area contributed by atoms with Gasteiger partial charge in [-0.05, 0) is 59.9 Å². The van der Waals surface area contributed by atoms with E-state index in [2.05, 4.69) is 20.3 Å². The Bertz CT molecular complexity index is 1350. The fraction of sp³-hybridized carbons (Fsp3) is 0.240. The van der Waals surface area contributed by atoms with Crippen molar-refractivity contribution in [1.29, 1.82) is 0 Å². The summed E-state index contributed by atoms with van der Waals surface area (Å²) in [5.74, 6) is 0.158. The zero-order valence-electron chi connectivity index (χ0n) is 19.6. The van der Waals surface area contributed by atoms with Gasteiger partial charge in [-0.3, -0.25) is 10.1 Å². The van der Waals surface area contributed by atoms with Crippen LogP contribution in [0, 0.1) is 0 Å². The van der Waals surface area contributed by atoms with E-state index in [9.17, 15) is 18.0 Å². The fourth-order valence-electron chi connectivity index (χ4n) is 3.94. The van der Waals surface area contributed by atoms with Crippen molar-refractivity contribution in [3.05, 3.63) is 77.4 Å². The number of sulfonamides is 1. The molecule has 0 unspecified atom stereocenters. The number of nitrogens with zero attached hydrogens (tertiary/aromatic N) is 2. The molecule has 0 saturated carbocycles. The lowest BCUT2D eigenvalue weighted by molar-refractivity contribution is -0.121. The molecule has 1 fully saturated rings. The number of nitrogens with one attached hydrogen (secondary N) is 3. The summed E-state index contributed by atoms with van der Waals surface area (Å²) in [5.41, 5.74) is 3.46. The Morgan fingerprint density at radius 3 is 2.58 bits per heavy atom. The van der Waals surface area contributed by atoms with E-state index >= 15 is 0 Å². The van der Waals surface area contributed by atoms with Crippen LogP contribution in [0.5, 0.6) is 0 Å². The molecule has 3 amide bonds. The van der Waals surface area contributed by atoms with Gasteiger partial charge < -0.3 is 10.2 Å². The second-order valence-corrected chi connectivity index (χ2v) is 10.8. The van der Waals surface area contributed by atoms with Gasteiger partial charge in [-0.15, -0.1) is 0 Å². The van der Waals surface area contributed by atoms with E-state index in [1.807, 2.05) is 48.5 Å².